The standard InChI is InChI=1S/C21H26ClN3O/c1-24(2)15-21(26)25-12-4-5-17(14-25)20-7-3-6-19(23-20)13-16-8-10-18(22)11-9-16/h3,6-11,17H,4-5,12-15H2,1-2H3/t17-/m0/s1. The summed E-state index contributed by atoms with van der Waals surface area (Å²) >= 11 is 5.96. The summed E-state index contributed by atoms with van der Waals surface area (Å²) in [7, 11) is 3.86. The maximum Gasteiger partial charge on any atom is 0.236 e. The van der Waals surface area contributed by atoms with Gasteiger partial charge in [0.15, 0.2) is 0 Å². The number of carbonyl (C=O) groups is 1. The molecule has 5 heteroatoms. The van der Waals surface area contributed by atoms with Gasteiger partial charge in [0.25, 0.3) is 0 Å². The number of carbonyl (C=O) groups excluding carboxylic acids is 1. The van der Waals surface area contributed by atoms with Crippen LogP contribution in [0.25, 0.3) is 0 Å². The first kappa shape index (κ1) is 18.9. The Morgan fingerprint density at radius 3 is 2.73 bits per heavy atom. The molecule has 1 aromatic heterocycles. The molecule has 0 saturated carbocycles. The van der Waals surface area contributed by atoms with Crippen LogP contribution in [0, 0.1) is 0 Å². The molecule has 2 heterocycles. The van der Waals surface area contributed by atoms with Gasteiger partial charge in [0.2, 0.25) is 5.91 Å². The zero-order chi connectivity index (χ0) is 18.5. The van der Waals surface area contributed by atoms with Crippen molar-refractivity contribution < 1.29 is 4.79 Å². The molecule has 1 fully saturated rings. The van der Waals surface area contributed by atoms with Crippen molar-refractivity contribution in [2.45, 2.75) is 25.2 Å². The van der Waals surface area contributed by atoms with Crippen LogP contribution in [0.4, 0.5) is 0 Å². The number of aromatic nitrogens is 1. The molecule has 26 heavy (non-hydrogen) atoms. The molecule has 0 spiro atoms. The van der Waals surface area contributed by atoms with E-state index in [2.05, 4.69) is 18.2 Å². The van der Waals surface area contributed by atoms with Gasteiger partial charge < -0.3 is 9.80 Å². The number of hydrogen-bond donors (Lipinski definition) is 0. The summed E-state index contributed by atoms with van der Waals surface area (Å²) in [5.74, 6) is 0.525. The zero-order valence-corrected chi connectivity index (χ0v) is 16.2. The van der Waals surface area contributed by atoms with Gasteiger partial charge in [-0.2, -0.15) is 0 Å². The van der Waals surface area contributed by atoms with Crippen molar-refractivity contribution in [3.8, 4) is 0 Å². The van der Waals surface area contributed by atoms with Gasteiger partial charge in [-0.3, -0.25) is 9.78 Å². The van der Waals surface area contributed by atoms with Gasteiger partial charge in [-0.25, -0.2) is 0 Å². The minimum atomic E-state index is 0.206. The number of halogens is 1. The van der Waals surface area contributed by atoms with E-state index >= 15 is 0 Å². The highest BCUT2D eigenvalue weighted by Crippen LogP contribution is 2.26. The Hall–Kier alpha value is -1.91. The molecule has 3 rings (SSSR count). The van der Waals surface area contributed by atoms with E-state index in [1.165, 1.54) is 5.56 Å². The van der Waals surface area contributed by atoms with E-state index in [4.69, 9.17) is 16.6 Å². The lowest BCUT2D eigenvalue weighted by Crippen LogP contribution is -2.43. The molecule has 1 amide bonds. The maximum absolute atomic E-state index is 12.4. The number of amides is 1. The van der Waals surface area contributed by atoms with E-state index in [0.29, 0.717) is 12.5 Å². The van der Waals surface area contributed by atoms with E-state index in [-0.39, 0.29) is 5.91 Å². The fourth-order valence-corrected chi connectivity index (χ4v) is 3.58. The van der Waals surface area contributed by atoms with Crippen LogP contribution in [0.3, 0.4) is 0 Å². The predicted molar refractivity (Wildman–Crippen MR) is 106 cm³/mol. The van der Waals surface area contributed by atoms with Gasteiger partial charge in [-0.1, -0.05) is 29.8 Å². The molecule has 0 N–H and O–H groups in total. The van der Waals surface area contributed by atoms with Crippen LogP contribution in [0.1, 0.15) is 35.7 Å². The van der Waals surface area contributed by atoms with Crippen molar-refractivity contribution in [3.63, 3.8) is 0 Å². The molecule has 0 unspecified atom stereocenters. The number of likely N-dealkylation sites (N-methyl/N-ethyl adjacent to an activating group) is 1. The lowest BCUT2D eigenvalue weighted by Gasteiger charge is -2.33. The molecule has 1 saturated heterocycles. The number of piperidine rings is 1. The third kappa shape index (κ3) is 5.05. The summed E-state index contributed by atoms with van der Waals surface area (Å²) in [6.07, 6.45) is 2.91. The third-order valence-corrected chi connectivity index (χ3v) is 5.02. The lowest BCUT2D eigenvalue weighted by molar-refractivity contribution is -0.133. The van der Waals surface area contributed by atoms with E-state index in [1.807, 2.05) is 48.2 Å². The zero-order valence-electron chi connectivity index (χ0n) is 15.5. The fraction of sp³-hybridized carbons (Fsp3) is 0.429. The summed E-state index contributed by atoms with van der Waals surface area (Å²) in [6.45, 7) is 2.09. The second kappa shape index (κ2) is 8.65. The van der Waals surface area contributed by atoms with Crippen molar-refractivity contribution >= 4 is 17.5 Å². The van der Waals surface area contributed by atoms with Crippen molar-refractivity contribution in [1.29, 1.82) is 0 Å². The Morgan fingerprint density at radius 1 is 1.23 bits per heavy atom. The summed E-state index contributed by atoms with van der Waals surface area (Å²) < 4.78 is 0. The monoisotopic (exact) mass is 371 g/mol. The van der Waals surface area contributed by atoms with Crippen LogP contribution >= 0.6 is 11.6 Å². The molecule has 1 aliphatic heterocycles. The van der Waals surface area contributed by atoms with Gasteiger partial charge in [0, 0.05) is 41.8 Å². The average Bonchev–Trinajstić information content (AvgIpc) is 2.63. The van der Waals surface area contributed by atoms with Crippen molar-refractivity contribution in [1.82, 2.24) is 14.8 Å². The topological polar surface area (TPSA) is 36.4 Å². The number of likely N-dealkylation sites (tertiary alicyclic amines) is 1. The molecule has 2 aromatic rings. The first-order chi connectivity index (χ1) is 12.5. The van der Waals surface area contributed by atoms with E-state index in [9.17, 15) is 4.79 Å². The number of rotatable bonds is 5. The summed E-state index contributed by atoms with van der Waals surface area (Å²) in [5, 5.41) is 0.750. The summed E-state index contributed by atoms with van der Waals surface area (Å²) in [5.41, 5.74) is 3.35. The second-order valence-corrected chi connectivity index (χ2v) is 7.71. The molecule has 4 nitrogen and oxygen atoms in total. The van der Waals surface area contributed by atoms with Crippen molar-refractivity contribution in [2.24, 2.45) is 0 Å². The van der Waals surface area contributed by atoms with Crippen LogP contribution in [0.2, 0.25) is 5.02 Å². The molecule has 0 aliphatic carbocycles. The Kier molecular flexibility index (Phi) is 6.28. The van der Waals surface area contributed by atoms with Crippen LogP contribution in [-0.4, -0.2) is 54.4 Å². The average molecular weight is 372 g/mol. The van der Waals surface area contributed by atoms with Gasteiger partial charge in [-0.15, -0.1) is 0 Å². The van der Waals surface area contributed by atoms with Crippen LogP contribution < -0.4 is 0 Å². The quantitative estimate of drug-likeness (QED) is 0.805. The second-order valence-electron chi connectivity index (χ2n) is 7.27. The van der Waals surface area contributed by atoms with Crippen molar-refractivity contribution in [3.05, 3.63) is 64.4 Å². The normalized spacial score (nSPS) is 17.5. The number of hydrogen-bond acceptors (Lipinski definition) is 3. The molecule has 0 bridgehead atoms. The molecular weight excluding hydrogens is 346 g/mol. The largest absolute Gasteiger partial charge is 0.341 e. The summed E-state index contributed by atoms with van der Waals surface area (Å²) in [6, 6.07) is 14.1. The minimum Gasteiger partial charge on any atom is -0.341 e. The highest BCUT2D eigenvalue weighted by molar-refractivity contribution is 6.30. The van der Waals surface area contributed by atoms with Gasteiger partial charge in [0.1, 0.15) is 0 Å². The molecule has 0 radical (unpaired) electrons. The smallest absolute Gasteiger partial charge is 0.236 e. The molecule has 138 valence electrons. The third-order valence-electron chi connectivity index (χ3n) is 4.77. The fourth-order valence-electron chi connectivity index (χ4n) is 3.45. The Morgan fingerprint density at radius 2 is 2.00 bits per heavy atom. The van der Waals surface area contributed by atoms with Crippen molar-refractivity contribution in [2.75, 3.05) is 33.7 Å². The Bertz CT molecular complexity index is 745. The SMILES string of the molecule is CN(C)CC(=O)N1CCC[C@H](c2cccc(Cc3ccc(Cl)cc3)n2)C1. The molecule has 1 aliphatic rings. The number of benzene rings is 1. The molecular formula is C21H26ClN3O. The van der Waals surface area contributed by atoms with Gasteiger partial charge in [-0.05, 0) is 56.8 Å². The van der Waals surface area contributed by atoms with Gasteiger partial charge >= 0.3 is 0 Å². The maximum atomic E-state index is 12.4. The minimum absolute atomic E-state index is 0.206. The van der Waals surface area contributed by atoms with E-state index < -0.39 is 0 Å². The van der Waals surface area contributed by atoms with Crippen LogP contribution in [0.15, 0.2) is 42.5 Å². The van der Waals surface area contributed by atoms with Gasteiger partial charge in [0.05, 0.1) is 6.54 Å². The lowest BCUT2D eigenvalue weighted by atomic mass is 9.93. The Balaban J connectivity index is 1.68. The Labute approximate surface area is 160 Å². The predicted octanol–water partition coefficient (Wildman–Crippen LogP) is 3.59. The first-order valence-electron chi connectivity index (χ1n) is 9.14. The highest BCUT2D eigenvalue weighted by Gasteiger charge is 2.25. The van der Waals surface area contributed by atoms with E-state index in [1.54, 1.807) is 0 Å². The van der Waals surface area contributed by atoms with Crippen LogP contribution in [-0.2, 0) is 11.2 Å². The first-order valence-corrected chi connectivity index (χ1v) is 9.52. The highest BCUT2D eigenvalue weighted by atomic mass is 35.5. The van der Waals surface area contributed by atoms with E-state index in [0.717, 1.165) is 48.8 Å². The molecule has 1 atom stereocenters. The molecule has 1 aromatic carbocycles. The van der Waals surface area contributed by atoms with Crippen LogP contribution in [0.5, 0.6) is 0 Å². The number of nitrogens with zero attached hydrogens (tertiary/aromatic N) is 3. The summed E-state index contributed by atoms with van der Waals surface area (Å²) in [4.78, 5) is 21.2. The number of pyridine rings is 1.